The van der Waals surface area contributed by atoms with Crippen molar-refractivity contribution in [3.05, 3.63) is 64.4 Å². The summed E-state index contributed by atoms with van der Waals surface area (Å²) in [6.07, 6.45) is 4.16. The van der Waals surface area contributed by atoms with Crippen LogP contribution in [0, 0.1) is 0 Å². The summed E-state index contributed by atoms with van der Waals surface area (Å²) in [6.45, 7) is 3.25. The zero-order valence-electron chi connectivity index (χ0n) is 16.1. The van der Waals surface area contributed by atoms with Crippen LogP contribution < -0.4 is 10.6 Å². The number of nitrogens with one attached hydrogen (secondary N) is 2. The molecule has 0 atom stereocenters. The molecule has 0 aliphatic carbocycles. The van der Waals surface area contributed by atoms with Crippen molar-refractivity contribution in [1.29, 1.82) is 0 Å². The molecular weight excluding hydrogens is 483 g/mol. The van der Waals surface area contributed by atoms with Gasteiger partial charge in [0.1, 0.15) is 0 Å². The van der Waals surface area contributed by atoms with Crippen molar-refractivity contribution >= 4 is 52.8 Å². The molecule has 1 aliphatic heterocycles. The van der Waals surface area contributed by atoms with E-state index in [1.165, 1.54) is 22.5 Å². The lowest BCUT2D eigenvalue weighted by Gasteiger charge is -2.29. The highest BCUT2D eigenvalue weighted by atomic mass is 127. The van der Waals surface area contributed by atoms with Gasteiger partial charge in [0, 0.05) is 33.2 Å². The van der Waals surface area contributed by atoms with Crippen LogP contribution in [0.5, 0.6) is 0 Å². The molecule has 1 aliphatic rings. The number of aliphatic imine (C=N–C) groups is 1. The third kappa shape index (κ3) is 6.34. The van der Waals surface area contributed by atoms with E-state index in [0.717, 1.165) is 43.3 Å². The highest BCUT2D eigenvalue weighted by Gasteiger charge is 2.15. The van der Waals surface area contributed by atoms with E-state index in [1.54, 1.807) is 0 Å². The highest BCUT2D eigenvalue weighted by Crippen LogP contribution is 2.21. The van der Waals surface area contributed by atoms with E-state index in [1.807, 2.05) is 30.6 Å². The average molecular weight is 510 g/mol. The minimum atomic E-state index is 0. The van der Waals surface area contributed by atoms with Crippen LogP contribution in [0.25, 0.3) is 5.57 Å². The molecule has 150 valence electrons. The summed E-state index contributed by atoms with van der Waals surface area (Å²) < 4.78 is 0. The predicted octanol–water partition coefficient (Wildman–Crippen LogP) is 3.85. The molecule has 0 radical (unpaired) electrons. The van der Waals surface area contributed by atoms with Crippen LogP contribution in [-0.4, -0.2) is 50.0 Å². The number of benzene rings is 1. The Hall–Kier alpha value is -1.87. The number of thiophene rings is 1. The average Bonchev–Trinajstić information content (AvgIpc) is 3.26. The van der Waals surface area contributed by atoms with Crippen molar-refractivity contribution in [2.45, 2.75) is 12.8 Å². The van der Waals surface area contributed by atoms with Gasteiger partial charge in [0.15, 0.2) is 5.96 Å². The minimum Gasteiger partial charge on any atom is -0.356 e. The van der Waals surface area contributed by atoms with Crippen molar-refractivity contribution < 1.29 is 4.79 Å². The fourth-order valence-corrected chi connectivity index (χ4v) is 3.73. The molecule has 0 fully saturated rings. The first-order valence-corrected chi connectivity index (χ1v) is 10.2. The Balaban J connectivity index is 0.00000280. The lowest BCUT2D eigenvalue weighted by molar-refractivity contribution is 0.0957. The van der Waals surface area contributed by atoms with E-state index in [2.05, 4.69) is 50.9 Å². The molecule has 28 heavy (non-hydrogen) atoms. The van der Waals surface area contributed by atoms with E-state index in [9.17, 15) is 4.79 Å². The van der Waals surface area contributed by atoms with Gasteiger partial charge in [0.2, 0.25) is 0 Å². The van der Waals surface area contributed by atoms with Gasteiger partial charge in [-0.05, 0) is 35.4 Å². The monoisotopic (exact) mass is 510 g/mol. The molecule has 0 saturated carbocycles. The second-order valence-corrected chi connectivity index (χ2v) is 7.30. The largest absolute Gasteiger partial charge is 0.356 e. The molecule has 1 aromatic heterocycles. The number of carbonyl (C=O) groups excluding carboxylic acids is 1. The molecule has 0 bridgehead atoms. The number of nitrogens with zero attached hydrogens (tertiary/aromatic N) is 2. The molecule has 1 aromatic carbocycles. The molecule has 5 nitrogen and oxygen atoms in total. The van der Waals surface area contributed by atoms with Crippen molar-refractivity contribution in [3.63, 3.8) is 0 Å². The van der Waals surface area contributed by atoms with Crippen molar-refractivity contribution in [1.82, 2.24) is 15.5 Å². The Bertz CT molecular complexity index is 790. The Morgan fingerprint density at radius 2 is 1.93 bits per heavy atom. The molecule has 0 spiro atoms. The summed E-state index contributed by atoms with van der Waals surface area (Å²) >= 11 is 1.46. The number of carbonyl (C=O) groups is 1. The first-order valence-electron chi connectivity index (χ1n) is 9.29. The Labute approximate surface area is 188 Å². The van der Waals surface area contributed by atoms with Gasteiger partial charge in [-0.2, -0.15) is 0 Å². The molecule has 3 rings (SSSR count). The zero-order chi connectivity index (χ0) is 18.9. The number of amides is 1. The smallest absolute Gasteiger partial charge is 0.261 e. The minimum absolute atomic E-state index is 0. The van der Waals surface area contributed by atoms with Crippen LogP contribution in [0.2, 0.25) is 0 Å². The third-order valence-corrected chi connectivity index (χ3v) is 5.40. The second kappa shape index (κ2) is 11.9. The topological polar surface area (TPSA) is 56.7 Å². The van der Waals surface area contributed by atoms with Gasteiger partial charge in [0.25, 0.3) is 5.91 Å². The third-order valence-electron chi connectivity index (χ3n) is 4.53. The van der Waals surface area contributed by atoms with Crippen LogP contribution in [-0.2, 0) is 0 Å². The number of hydrogen-bond donors (Lipinski definition) is 2. The predicted molar refractivity (Wildman–Crippen MR) is 129 cm³/mol. The van der Waals surface area contributed by atoms with Gasteiger partial charge >= 0.3 is 0 Å². The summed E-state index contributed by atoms with van der Waals surface area (Å²) in [5.74, 6) is 0.923. The van der Waals surface area contributed by atoms with Crippen molar-refractivity contribution in [2.24, 2.45) is 4.99 Å². The summed E-state index contributed by atoms with van der Waals surface area (Å²) in [5, 5.41) is 8.26. The lowest BCUT2D eigenvalue weighted by atomic mass is 10.00. The molecule has 7 heteroatoms. The van der Waals surface area contributed by atoms with Crippen LogP contribution in [0.3, 0.4) is 0 Å². The summed E-state index contributed by atoms with van der Waals surface area (Å²) in [4.78, 5) is 19.3. The molecular formula is C21H27IN4OS. The normalized spacial score (nSPS) is 14.1. The standard InChI is InChI=1S/C21H26N4OS.HI/c1-22-21(24-13-6-12-23-20(26)19-9-5-16-27-19)25-14-10-18(11-15-25)17-7-3-2-4-8-17;/h2-5,7-10,16H,6,11-15H2,1H3,(H,22,24)(H,23,26);1H. The van der Waals surface area contributed by atoms with Gasteiger partial charge in [-0.1, -0.05) is 42.5 Å². The Kier molecular flexibility index (Phi) is 9.49. The molecule has 0 saturated heterocycles. The maximum absolute atomic E-state index is 11.9. The van der Waals surface area contributed by atoms with Crippen LogP contribution >= 0.6 is 35.3 Å². The van der Waals surface area contributed by atoms with Gasteiger partial charge in [0.05, 0.1) is 4.88 Å². The van der Waals surface area contributed by atoms with Crippen LogP contribution in [0.1, 0.15) is 28.1 Å². The Morgan fingerprint density at radius 3 is 2.57 bits per heavy atom. The summed E-state index contributed by atoms with van der Waals surface area (Å²) in [7, 11) is 1.82. The number of hydrogen-bond acceptors (Lipinski definition) is 3. The molecule has 2 aromatic rings. The maximum atomic E-state index is 11.9. The van der Waals surface area contributed by atoms with Gasteiger partial charge in [-0.3, -0.25) is 9.79 Å². The van der Waals surface area contributed by atoms with E-state index in [4.69, 9.17) is 0 Å². The highest BCUT2D eigenvalue weighted by molar-refractivity contribution is 14.0. The molecule has 2 N–H and O–H groups in total. The molecule has 0 unspecified atom stereocenters. The van der Waals surface area contributed by atoms with Gasteiger partial charge < -0.3 is 15.5 Å². The van der Waals surface area contributed by atoms with E-state index in [0.29, 0.717) is 6.54 Å². The van der Waals surface area contributed by atoms with Crippen LogP contribution in [0.4, 0.5) is 0 Å². The van der Waals surface area contributed by atoms with E-state index >= 15 is 0 Å². The quantitative estimate of drug-likeness (QED) is 0.269. The van der Waals surface area contributed by atoms with Crippen molar-refractivity contribution in [2.75, 3.05) is 33.2 Å². The number of halogens is 1. The summed E-state index contributed by atoms with van der Waals surface area (Å²) in [5.41, 5.74) is 2.71. The number of rotatable bonds is 6. The SMILES string of the molecule is CN=C(NCCCNC(=O)c1cccs1)N1CC=C(c2ccccc2)CC1.I. The first-order chi connectivity index (χ1) is 13.3. The van der Waals surface area contributed by atoms with Gasteiger partial charge in [-0.25, -0.2) is 0 Å². The first kappa shape index (κ1) is 22.4. The fraction of sp³-hybridized carbons (Fsp3) is 0.333. The lowest BCUT2D eigenvalue weighted by Crippen LogP contribution is -2.44. The van der Waals surface area contributed by atoms with E-state index < -0.39 is 0 Å². The molecule has 2 heterocycles. The molecule has 1 amide bonds. The van der Waals surface area contributed by atoms with Crippen molar-refractivity contribution in [3.8, 4) is 0 Å². The van der Waals surface area contributed by atoms with Gasteiger partial charge in [-0.15, -0.1) is 35.3 Å². The van der Waals surface area contributed by atoms with Crippen LogP contribution in [0.15, 0.2) is 58.9 Å². The van der Waals surface area contributed by atoms with E-state index in [-0.39, 0.29) is 29.9 Å². The second-order valence-electron chi connectivity index (χ2n) is 6.35. The number of guanidine groups is 1. The Morgan fingerprint density at radius 1 is 1.14 bits per heavy atom. The zero-order valence-corrected chi connectivity index (χ0v) is 19.2. The summed E-state index contributed by atoms with van der Waals surface area (Å²) in [6, 6.07) is 14.3. The fourth-order valence-electron chi connectivity index (χ4n) is 3.09. The maximum Gasteiger partial charge on any atom is 0.261 e.